The molecule has 0 saturated heterocycles. The predicted octanol–water partition coefficient (Wildman–Crippen LogP) is 1.22. The van der Waals surface area contributed by atoms with Gasteiger partial charge in [0.05, 0.1) is 11.8 Å². The zero-order chi connectivity index (χ0) is 12.3. The topological polar surface area (TPSA) is 68.0 Å². The fourth-order valence-electron chi connectivity index (χ4n) is 2.07. The number of hydrogen-bond acceptors (Lipinski definition) is 3. The van der Waals surface area contributed by atoms with Crippen molar-refractivity contribution in [2.75, 3.05) is 0 Å². The Morgan fingerprint density at radius 3 is 2.71 bits per heavy atom. The number of rotatable bonds is 2. The van der Waals surface area contributed by atoms with Crippen LogP contribution in [0.25, 0.3) is 0 Å². The Balaban J connectivity index is 1.93. The molecular weight excluding hydrogens is 221 g/mol. The van der Waals surface area contributed by atoms with Crippen LogP contribution in [0.1, 0.15) is 36.0 Å². The van der Waals surface area contributed by atoms with Crippen LogP contribution in [0, 0.1) is 5.82 Å². The maximum absolute atomic E-state index is 12.9. The minimum atomic E-state index is -0.497. The molecule has 1 amide bonds. The Labute approximate surface area is 99.4 Å². The number of nitrogens with two attached hydrogens (primary N) is 1. The molecule has 0 bridgehead atoms. The van der Waals surface area contributed by atoms with Crippen molar-refractivity contribution in [1.29, 1.82) is 0 Å². The zero-order valence-electron chi connectivity index (χ0n) is 9.53. The van der Waals surface area contributed by atoms with Crippen molar-refractivity contribution in [3.8, 4) is 0 Å². The predicted molar refractivity (Wildman–Crippen MR) is 61.9 cm³/mol. The Morgan fingerprint density at radius 1 is 1.35 bits per heavy atom. The number of pyridine rings is 1. The van der Waals surface area contributed by atoms with Crippen LogP contribution in [-0.4, -0.2) is 23.0 Å². The maximum Gasteiger partial charge on any atom is 0.253 e. The van der Waals surface area contributed by atoms with Gasteiger partial charge in [0.2, 0.25) is 0 Å². The monoisotopic (exact) mass is 237 g/mol. The molecule has 2 rings (SSSR count). The second kappa shape index (κ2) is 5.23. The van der Waals surface area contributed by atoms with Crippen molar-refractivity contribution in [2.24, 2.45) is 5.73 Å². The van der Waals surface area contributed by atoms with Crippen LogP contribution in [0.15, 0.2) is 18.5 Å². The zero-order valence-corrected chi connectivity index (χ0v) is 9.53. The van der Waals surface area contributed by atoms with Crippen LogP contribution < -0.4 is 11.1 Å². The molecule has 0 atom stereocenters. The third-order valence-electron chi connectivity index (χ3n) is 3.07. The highest BCUT2D eigenvalue weighted by Crippen LogP contribution is 2.17. The van der Waals surface area contributed by atoms with E-state index < -0.39 is 5.82 Å². The smallest absolute Gasteiger partial charge is 0.253 e. The molecule has 0 unspecified atom stereocenters. The molecule has 0 aromatic carbocycles. The van der Waals surface area contributed by atoms with Gasteiger partial charge in [-0.1, -0.05) is 0 Å². The number of halogens is 1. The molecule has 0 radical (unpaired) electrons. The highest BCUT2D eigenvalue weighted by atomic mass is 19.1. The molecule has 1 aromatic heterocycles. The Bertz CT molecular complexity index is 402. The van der Waals surface area contributed by atoms with E-state index in [1.54, 1.807) is 0 Å². The Morgan fingerprint density at radius 2 is 2.06 bits per heavy atom. The van der Waals surface area contributed by atoms with Crippen molar-refractivity contribution < 1.29 is 9.18 Å². The summed E-state index contributed by atoms with van der Waals surface area (Å²) in [4.78, 5) is 15.5. The normalized spacial score (nSPS) is 24.4. The Hall–Kier alpha value is -1.49. The number of nitrogens with one attached hydrogen (secondary N) is 1. The van der Waals surface area contributed by atoms with Crippen molar-refractivity contribution in [1.82, 2.24) is 10.3 Å². The molecule has 1 saturated carbocycles. The van der Waals surface area contributed by atoms with Gasteiger partial charge in [-0.15, -0.1) is 0 Å². The van der Waals surface area contributed by atoms with Gasteiger partial charge in [0, 0.05) is 18.3 Å². The van der Waals surface area contributed by atoms with Crippen molar-refractivity contribution in [2.45, 2.75) is 37.8 Å². The fourth-order valence-corrected chi connectivity index (χ4v) is 2.07. The lowest BCUT2D eigenvalue weighted by atomic mass is 9.92. The molecule has 5 heteroatoms. The van der Waals surface area contributed by atoms with E-state index >= 15 is 0 Å². The lowest BCUT2D eigenvalue weighted by Gasteiger charge is -2.26. The molecule has 17 heavy (non-hydrogen) atoms. The van der Waals surface area contributed by atoms with Gasteiger partial charge in [-0.2, -0.15) is 0 Å². The molecule has 92 valence electrons. The molecule has 0 spiro atoms. The van der Waals surface area contributed by atoms with Gasteiger partial charge in [0.15, 0.2) is 0 Å². The van der Waals surface area contributed by atoms with E-state index in [1.165, 1.54) is 12.3 Å². The SMILES string of the molecule is NC1CCC(NC(=O)c2cncc(F)c2)CC1. The number of carbonyl (C=O) groups excluding carboxylic acids is 1. The molecular formula is C12H16FN3O. The van der Waals surface area contributed by atoms with Crippen LogP contribution in [0.5, 0.6) is 0 Å². The number of carbonyl (C=O) groups is 1. The lowest BCUT2D eigenvalue weighted by Crippen LogP contribution is -2.40. The molecule has 0 aliphatic heterocycles. The number of amides is 1. The molecule has 1 heterocycles. The first-order valence-corrected chi connectivity index (χ1v) is 5.82. The molecule has 1 aliphatic carbocycles. The fraction of sp³-hybridized carbons (Fsp3) is 0.500. The van der Waals surface area contributed by atoms with E-state index in [4.69, 9.17) is 5.73 Å². The van der Waals surface area contributed by atoms with Crippen LogP contribution in [0.2, 0.25) is 0 Å². The summed E-state index contributed by atoms with van der Waals surface area (Å²) in [6, 6.07) is 1.58. The van der Waals surface area contributed by atoms with Crippen molar-refractivity contribution in [3.05, 3.63) is 29.8 Å². The summed E-state index contributed by atoms with van der Waals surface area (Å²) in [6.07, 6.45) is 6.06. The van der Waals surface area contributed by atoms with Crippen LogP contribution >= 0.6 is 0 Å². The highest BCUT2D eigenvalue weighted by molar-refractivity contribution is 5.94. The second-order valence-electron chi connectivity index (χ2n) is 4.48. The number of nitrogens with zero attached hydrogens (tertiary/aromatic N) is 1. The summed E-state index contributed by atoms with van der Waals surface area (Å²) in [5, 5.41) is 2.88. The third kappa shape index (κ3) is 3.23. The average Bonchev–Trinajstić information content (AvgIpc) is 2.32. The summed E-state index contributed by atoms with van der Waals surface area (Å²) >= 11 is 0. The molecule has 1 aromatic rings. The molecule has 1 fully saturated rings. The average molecular weight is 237 g/mol. The minimum Gasteiger partial charge on any atom is -0.349 e. The van der Waals surface area contributed by atoms with Gasteiger partial charge in [-0.05, 0) is 31.7 Å². The number of aromatic nitrogens is 1. The molecule has 3 N–H and O–H groups in total. The summed E-state index contributed by atoms with van der Waals surface area (Å²) in [6.45, 7) is 0. The van der Waals surface area contributed by atoms with Gasteiger partial charge < -0.3 is 11.1 Å². The Kier molecular flexibility index (Phi) is 3.68. The van der Waals surface area contributed by atoms with Gasteiger partial charge >= 0.3 is 0 Å². The summed E-state index contributed by atoms with van der Waals surface area (Å²) in [7, 11) is 0. The summed E-state index contributed by atoms with van der Waals surface area (Å²) < 4.78 is 12.9. The summed E-state index contributed by atoms with van der Waals surface area (Å²) in [5.74, 6) is -0.763. The summed E-state index contributed by atoms with van der Waals surface area (Å²) in [5.41, 5.74) is 6.05. The first-order valence-electron chi connectivity index (χ1n) is 5.82. The van der Waals surface area contributed by atoms with Crippen molar-refractivity contribution in [3.63, 3.8) is 0 Å². The van der Waals surface area contributed by atoms with E-state index in [0.29, 0.717) is 0 Å². The third-order valence-corrected chi connectivity index (χ3v) is 3.07. The van der Waals surface area contributed by atoms with E-state index in [2.05, 4.69) is 10.3 Å². The van der Waals surface area contributed by atoms with Gasteiger partial charge in [-0.25, -0.2) is 4.39 Å². The number of hydrogen-bond donors (Lipinski definition) is 2. The first kappa shape index (κ1) is 12.0. The quantitative estimate of drug-likeness (QED) is 0.812. The van der Waals surface area contributed by atoms with Crippen LogP contribution in [0.4, 0.5) is 4.39 Å². The van der Waals surface area contributed by atoms with Crippen molar-refractivity contribution >= 4 is 5.91 Å². The second-order valence-corrected chi connectivity index (χ2v) is 4.48. The standard InChI is InChI=1S/C12H16FN3O/c13-9-5-8(6-15-7-9)12(17)16-11-3-1-10(14)2-4-11/h5-7,10-11H,1-4,14H2,(H,16,17). The minimum absolute atomic E-state index is 0.144. The van der Waals surface area contributed by atoms with Gasteiger partial charge in [0.25, 0.3) is 5.91 Å². The van der Waals surface area contributed by atoms with Gasteiger partial charge in [-0.3, -0.25) is 9.78 Å². The van der Waals surface area contributed by atoms with E-state index in [-0.39, 0.29) is 23.6 Å². The maximum atomic E-state index is 12.9. The van der Waals surface area contributed by atoms with E-state index in [0.717, 1.165) is 31.9 Å². The van der Waals surface area contributed by atoms with E-state index in [1.807, 2.05) is 0 Å². The first-order chi connectivity index (χ1) is 8.15. The van der Waals surface area contributed by atoms with E-state index in [9.17, 15) is 9.18 Å². The largest absolute Gasteiger partial charge is 0.349 e. The molecule has 1 aliphatic rings. The lowest BCUT2D eigenvalue weighted by molar-refractivity contribution is 0.0925. The van der Waals surface area contributed by atoms with Crippen LogP contribution in [-0.2, 0) is 0 Å². The molecule has 4 nitrogen and oxygen atoms in total. The van der Waals surface area contributed by atoms with Crippen LogP contribution in [0.3, 0.4) is 0 Å². The van der Waals surface area contributed by atoms with Gasteiger partial charge in [0.1, 0.15) is 5.82 Å². The highest BCUT2D eigenvalue weighted by Gasteiger charge is 2.20.